The summed E-state index contributed by atoms with van der Waals surface area (Å²) in [4.78, 5) is 26.8. The molecule has 0 radical (unpaired) electrons. The first kappa shape index (κ1) is 22.0. The molecule has 1 unspecified atom stereocenters. The summed E-state index contributed by atoms with van der Waals surface area (Å²) < 4.78 is 0. The maximum Gasteiger partial charge on any atom is 0.225 e. The highest BCUT2D eigenvalue weighted by Crippen LogP contribution is 2.24. The van der Waals surface area contributed by atoms with Crippen LogP contribution in [0, 0.1) is 12.8 Å². The van der Waals surface area contributed by atoms with Crippen molar-refractivity contribution in [1.82, 2.24) is 4.90 Å². The van der Waals surface area contributed by atoms with E-state index in [-0.39, 0.29) is 29.9 Å². The predicted molar refractivity (Wildman–Crippen MR) is 106 cm³/mol. The first-order valence-electron chi connectivity index (χ1n) is 9.77. The van der Waals surface area contributed by atoms with E-state index in [1.54, 1.807) is 18.2 Å². The molecule has 0 aromatic heterocycles. The minimum absolute atomic E-state index is 0.0541. The summed E-state index contributed by atoms with van der Waals surface area (Å²) >= 11 is 0. The first-order valence-corrected chi connectivity index (χ1v) is 9.77. The van der Waals surface area contributed by atoms with Crippen molar-refractivity contribution in [1.29, 1.82) is 0 Å². The highest BCUT2D eigenvalue weighted by atomic mass is 16.3. The molecule has 146 valence electrons. The van der Waals surface area contributed by atoms with E-state index in [0.717, 1.165) is 44.3 Å². The molecule has 1 rings (SSSR count). The third kappa shape index (κ3) is 7.46. The smallest absolute Gasteiger partial charge is 0.225 e. The summed E-state index contributed by atoms with van der Waals surface area (Å²) in [6.45, 7) is 9.63. The molecule has 2 amide bonds. The molecule has 0 fully saturated rings. The number of carbonyl (C=O) groups is 2. The number of hydrogen-bond acceptors (Lipinski definition) is 3. The number of benzene rings is 1. The van der Waals surface area contributed by atoms with Gasteiger partial charge in [0.2, 0.25) is 11.8 Å². The van der Waals surface area contributed by atoms with E-state index < -0.39 is 0 Å². The van der Waals surface area contributed by atoms with Gasteiger partial charge in [0.05, 0.1) is 5.69 Å². The van der Waals surface area contributed by atoms with Crippen LogP contribution in [0.3, 0.4) is 0 Å². The van der Waals surface area contributed by atoms with E-state index in [9.17, 15) is 14.7 Å². The number of amides is 2. The Balaban J connectivity index is 2.54. The quantitative estimate of drug-likeness (QED) is 0.570. The number of unbranched alkanes of at least 4 members (excludes halogenated alkanes) is 2. The van der Waals surface area contributed by atoms with Crippen molar-refractivity contribution in [3.8, 4) is 5.75 Å². The minimum atomic E-state index is -0.181. The molecule has 1 aromatic carbocycles. The van der Waals surface area contributed by atoms with Crippen LogP contribution in [-0.2, 0) is 9.59 Å². The van der Waals surface area contributed by atoms with Crippen molar-refractivity contribution in [2.45, 2.75) is 66.2 Å². The second-order valence-electron chi connectivity index (χ2n) is 7.04. The fourth-order valence-corrected chi connectivity index (χ4v) is 2.78. The molecule has 0 aliphatic heterocycles. The molecule has 0 heterocycles. The van der Waals surface area contributed by atoms with Gasteiger partial charge in [0.15, 0.2) is 0 Å². The fourth-order valence-electron chi connectivity index (χ4n) is 2.78. The summed E-state index contributed by atoms with van der Waals surface area (Å²) in [5.74, 6) is -0.170. The topological polar surface area (TPSA) is 69.6 Å². The standard InChI is InChI=1S/C21H34N2O3/c1-5-7-13-23(14-8-6-2)21(26)17(4)10-12-20(25)22-18-15-16(3)9-11-19(18)24/h9,11,15,17,24H,5-8,10,12-14H2,1-4H3,(H,22,25). The maximum absolute atomic E-state index is 12.7. The number of hydrogen-bond donors (Lipinski definition) is 2. The predicted octanol–water partition coefficient (Wildman–Crippen LogP) is 4.48. The molecule has 0 aliphatic carbocycles. The molecular weight excluding hydrogens is 328 g/mol. The number of anilines is 1. The lowest BCUT2D eigenvalue weighted by molar-refractivity contribution is -0.135. The highest BCUT2D eigenvalue weighted by Gasteiger charge is 2.20. The van der Waals surface area contributed by atoms with Crippen LogP contribution >= 0.6 is 0 Å². The lowest BCUT2D eigenvalue weighted by atomic mass is 10.0. The average Bonchev–Trinajstić information content (AvgIpc) is 2.62. The Morgan fingerprint density at radius 1 is 1.15 bits per heavy atom. The highest BCUT2D eigenvalue weighted by molar-refractivity contribution is 5.92. The monoisotopic (exact) mass is 362 g/mol. The van der Waals surface area contributed by atoms with Crippen LogP contribution in [0.2, 0.25) is 0 Å². The average molecular weight is 363 g/mol. The Kier molecular flexibility index (Phi) is 9.78. The molecule has 1 atom stereocenters. The van der Waals surface area contributed by atoms with E-state index in [0.29, 0.717) is 12.1 Å². The zero-order valence-corrected chi connectivity index (χ0v) is 16.7. The lowest BCUT2D eigenvalue weighted by Crippen LogP contribution is -2.37. The number of rotatable bonds is 11. The number of phenols is 1. The number of nitrogens with zero attached hydrogens (tertiary/aromatic N) is 1. The van der Waals surface area contributed by atoms with Gasteiger partial charge in [-0.3, -0.25) is 9.59 Å². The molecule has 0 saturated heterocycles. The van der Waals surface area contributed by atoms with Crippen molar-refractivity contribution in [3.05, 3.63) is 23.8 Å². The number of aryl methyl sites for hydroxylation is 1. The van der Waals surface area contributed by atoms with Crippen LogP contribution < -0.4 is 5.32 Å². The van der Waals surface area contributed by atoms with Gasteiger partial charge >= 0.3 is 0 Å². The van der Waals surface area contributed by atoms with Gasteiger partial charge in [-0.1, -0.05) is 39.7 Å². The van der Waals surface area contributed by atoms with Crippen LogP contribution in [0.1, 0.15) is 64.9 Å². The van der Waals surface area contributed by atoms with Gasteiger partial charge < -0.3 is 15.3 Å². The zero-order chi connectivity index (χ0) is 19.5. The van der Waals surface area contributed by atoms with Crippen LogP contribution in [0.25, 0.3) is 0 Å². The molecule has 0 saturated carbocycles. The molecule has 1 aromatic rings. The van der Waals surface area contributed by atoms with Gasteiger partial charge in [-0.25, -0.2) is 0 Å². The van der Waals surface area contributed by atoms with Gasteiger partial charge in [-0.2, -0.15) is 0 Å². The molecule has 0 aliphatic rings. The summed E-state index contributed by atoms with van der Waals surface area (Å²) in [5.41, 5.74) is 1.38. The number of nitrogens with one attached hydrogen (secondary N) is 1. The van der Waals surface area contributed by atoms with Gasteiger partial charge in [-0.05, 0) is 43.9 Å². The van der Waals surface area contributed by atoms with Crippen molar-refractivity contribution in [2.24, 2.45) is 5.92 Å². The summed E-state index contributed by atoms with van der Waals surface area (Å²) in [7, 11) is 0. The van der Waals surface area contributed by atoms with Crippen LogP contribution in [0.4, 0.5) is 5.69 Å². The summed E-state index contributed by atoms with van der Waals surface area (Å²) in [6.07, 6.45) is 4.91. The van der Waals surface area contributed by atoms with E-state index in [2.05, 4.69) is 19.2 Å². The summed E-state index contributed by atoms with van der Waals surface area (Å²) in [5, 5.41) is 12.5. The molecule has 26 heavy (non-hydrogen) atoms. The molecular formula is C21H34N2O3. The van der Waals surface area contributed by atoms with E-state index in [1.165, 1.54) is 0 Å². The van der Waals surface area contributed by atoms with Crippen molar-refractivity contribution >= 4 is 17.5 Å². The number of phenolic OH excluding ortho intramolecular Hbond substituents is 1. The summed E-state index contributed by atoms with van der Waals surface area (Å²) in [6, 6.07) is 5.09. The second kappa shape index (κ2) is 11.6. The van der Waals surface area contributed by atoms with Crippen molar-refractivity contribution in [3.63, 3.8) is 0 Å². The molecule has 5 heteroatoms. The van der Waals surface area contributed by atoms with Crippen LogP contribution in [-0.4, -0.2) is 34.9 Å². The van der Waals surface area contributed by atoms with Gasteiger partial charge in [0, 0.05) is 25.4 Å². The molecule has 5 nitrogen and oxygen atoms in total. The Hall–Kier alpha value is -2.04. The maximum atomic E-state index is 12.7. The Morgan fingerprint density at radius 2 is 1.77 bits per heavy atom. The van der Waals surface area contributed by atoms with Gasteiger partial charge in [0.25, 0.3) is 0 Å². The Morgan fingerprint density at radius 3 is 2.35 bits per heavy atom. The number of aromatic hydroxyl groups is 1. The Labute approximate surface area is 157 Å². The third-order valence-electron chi connectivity index (χ3n) is 4.53. The molecule has 2 N–H and O–H groups in total. The largest absolute Gasteiger partial charge is 0.506 e. The normalized spacial score (nSPS) is 11.8. The SMILES string of the molecule is CCCCN(CCCC)C(=O)C(C)CCC(=O)Nc1cc(C)ccc1O. The first-order chi connectivity index (χ1) is 12.4. The van der Waals surface area contributed by atoms with Gasteiger partial charge in [-0.15, -0.1) is 0 Å². The lowest BCUT2D eigenvalue weighted by Gasteiger charge is -2.25. The van der Waals surface area contributed by atoms with E-state index in [1.807, 2.05) is 18.7 Å². The van der Waals surface area contributed by atoms with Crippen molar-refractivity contribution in [2.75, 3.05) is 18.4 Å². The van der Waals surface area contributed by atoms with Crippen LogP contribution in [0.5, 0.6) is 5.75 Å². The van der Waals surface area contributed by atoms with Crippen molar-refractivity contribution < 1.29 is 14.7 Å². The zero-order valence-electron chi connectivity index (χ0n) is 16.7. The minimum Gasteiger partial charge on any atom is -0.506 e. The van der Waals surface area contributed by atoms with Crippen LogP contribution in [0.15, 0.2) is 18.2 Å². The fraction of sp³-hybridized carbons (Fsp3) is 0.619. The number of carbonyl (C=O) groups excluding carboxylic acids is 2. The third-order valence-corrected chi connectivity index (χ3v) is 4.53. The van der Waals surface area contributed by atoms with E-state index >= 15 is 0 Å². The molecule has 0 bridgehead atoms. The second-order valence-corrected chi connectivity index (χ2v) is 7.04. The van der Waals surface area contributed by atoms with E-state index in [4.69, 9.17) is 0 Å². The Bertz CT molecular complexity index is 579. The van der Waals surface area contributed by atoms with Gasteiger partial charge in [0.1, 0.15) is 5.75 Å². The molecule has 0 spiro atoms.